The molecule has 7 nitrogen and oxygen atoms in total. The third-order valence-electron chi connectivity index (χ3n) is 3.28. The van der Waals surface area contributed by atoms with Gasteiger partial charge in [0.2, 0.25) is 0 Å². The number of carbonyl (C=O) groups is 1. The predicted octanol–water partition coefficient (Wildman–Crippen LogP) is 2.62. The maximum atomic E-state index is 12.1. The van der Waals surface area contributed by atoms with Crippen molar-refractivity contribution in [2.75, 3.05) is 25.5 Å². The molecule has 2 rings (SSSR count). The van der Waals surface area contributed by atoms with Gasteiger partial charge in [0, 0.05) is 19.2 Å². The van der Waals surface area contributed by atoms with E-state index in [1.165, 1.54) is 25.3 Å². The Kier molecular flexibility index (Phi) is 4.39. The van der Waals surface area contributed by atoms with E-state index in [1.54, 1.807) is 4.90 Å². The molecular formula is C13H17N3O4. The minimum Gasteiger partial charge on any atom is -0.494 e. The lowest BCUT2D eigenvalue weighted by Crippen LogP contribution is -2.38. The average molecular weight is 279 g/mol. The molecule has 0 aliphatic carbocycles. The summed E-state index contributed by atoms with van der Waals surface area (Å²) in [5.74, 6) is 0.282. The fraction of sp³-hybridized carbons (Fsp3) is 0.462. The van der Waals surface area contributed by atoms with Gasteiger partial charge in [-0.25, -0.2) is 4.79 Å². The maximum Gasteiger partial charge on any atom is 0.321 e. The van der Waals surface area contributed by atoms with Crippen LogP contribution in [0.4, 0.5) is 16.2 Å². The molecule has 108 valence electrons. The van der Waals surface area contributed by atoms with Crippen molar-refractivity contribution in [3.8, 4) is 5.75 Å². The minimum atomic E-state index is -0.501. The molecule has 0 radical (unpaired) electrons. The van der Waals surface area contributed by atoms with Gasteiger partial charge in [0.15, 0.2) is 0 Å². The number of anilines is 1. The number of nitro benzene ring substituents is 1. The first kappa shape index (κ1) is 14.1. The number of non-ortho nitro benzene ring substituents is 1. The predicted molar refractivity (Wildman–Crippen MR) is 74.1 cm³/mol. The van der Waals surface area contributed by atoms with E-state index in [1.807, 2.05) is 0 Å². The molecule has 1 aliphatic heterocycles. The monoisotopic (exact) mass is 279 g/mol. The molecule has 7 heteroatoms. The first-order valence-electron chi connectivity index (χ1n) is 6.50. The molecule has 2 amide bonds. The van der Waals surface area contributed by atoms with Crippen LogP contribution in [0.5, 0.6) is 5.75 Å². The van der Waals surface area contributed by atoms with Crippen LogP contribution >= 0.6 is 0 Å². The molecule has 0 spiro atoms. The molecule has 1 aromatic carbocycles. The normalized spacial score (nSPS) is 14.8. The largest absolute Gasteiger partial charge is 0.494 e. The van der Waals surface area contributed by atoms with Crippen molar-refractivity contribution >= 4 is 17.4 Å². The van der Waals surface area contributed by atoms with Crippen LogP contribution < -0.4 is 10.1 Å². The highest BCUT2D eigenvalue weighted by Gasteiger charge is 2.19. The molecule has 0 unspecified atom stereocenters. The number of carbonyl (C=O) groups excluding carboxylic acids is 1. The fourth-order valence-corrected chi connectivity index (χ4v) is 2.19. The minimum absolute atomic E-state index is 0.0715. The van der Waals surface area contributed by atoms with Gasteiger partial charge in [0.1, 0.15) is 5.75 Å². The maximum absolute atomic E-state index is 12.1. The van der Waals surface area contributed by atoms with E-state index >= 15 is 0 Å². The Balaban J connectivity index is 2.11. The molecule has 1 aromatic rings. The van der Waals surface area contributed by atoms with Gasteiger partial charge in [0.05, 0.1) is 23.8 Å². The van der Waals surface area contributed by atoms with Crippen LogP contribution in [0.1, 0.15) is 19.3 Å². The standard InChI is InChI=1S/C13H17N3O4/c1-20-12-9-10(16(18)19)5-6-11(12)14-13(17)15-7-3-2-4-8-15/h5-6,9H,2-4,7-8H2,1H3,(H,14,17). The lowest BCUT2D eigenvalue weighted by Gasteiger charge is -2.27. The highest BCUT2D eigenvalue weighted by molar-refractivity contribution is 5.91. The summed E-state index contributed by atoms with van der Waals surface area (Å²) >= 11 is 0. The van der Waals surface area contributed by atoms with E-state index in [9.17, 15) is 14.9 Å². The Hall–Kier alpha value is -2.31. The Bertz CT molecular complexity index is 512. The van der Waals surface area contributed by atoms with Gasteiger partial charge in [-0.2, -0.15) is 0 Å². The second kappa shape index (κ2) is 6.23. The molecule has 1 N–H and O–H groups in total. The first-order valence-corrected chi connectivity index (χ1v) is 6.50. The number of nitrogens with one attached hydrogen (secondary N) is 1. The zero-order valence-corrected chi connectivity index (χ0v) is 11.3. The van der Waals surface area contributed by atoms with Crippen LogP contribution in [-0.4, -0.2) is 36.1 Å². The van der Waals surface area contributed by atoms with Crippen LogP contribution in [0.3, 0.4) is 0 Å². The zero-order chi connectivity index (χ0) is 14.5. The topological polar surface area (TPSA) is 84.7 Å². The van der Waals surface area contributed by atoms with E-state index in [0.29, 0.717) is 5.69 Å². The van der Waals surface area contributed by atoms with Gasteiger partial charge in [-0.1, -0.05) is 0 Å². The van der Waals surface area contributed by atoms with Crippen LogP contribution in [0.2, 0.25) is 0 Å². The van der Waals surface area contributed by atoms with Gasteiger partial charge >= 0.3 is 6.03 Å². The molecule has 1 aliphatic rings. The smallest absolute Gasteiger partial charge is 0.321 e. The third-order valence-corrected chi connectivity index (χ3v) is 3.28. The van der Waals surface area contributed by atoms with Crippen molar-refractivity contribution < 1.29 is 14.5 Å². The van der Waals surface area contributed by atoms with Crippen molar-refractivity contribution in [1.29, 1.82) is 0 Å². The lowest BCUT2D eigenvalue weighted by molar-refractivity contribution is -0.384. The summed E-state index contributed by atoms with van der Waals surface area (Å²) in [5, 5.41) is 13.4. The number of urea groups is 1. The number of amides is 2. The van der Waals surface area contributed by atoms with Crippen LogP contribution in [-0.2, 0) is 0 Å². The summed E-state index contributed by atoms with van der Waals surface area (Å²) in [5.41, 5.74) is 0.367. The van der Waals surface area contributed by atoms with Crippen LogP contribution in [0.15, 0.2) is 18.2 Å². The number of nitro groups is 1. The SMILES string of the molecule is COc1cc([N+](=O)[O-])ccc1NC(=O)N1CCCCC1. The lowest BCUT2D eigenvalue weighted by atomic mass is 10.1. The number of benzene rings is 1. The molecular weight excluding hydrogens is 262 g/mol. The number of likely N-dealkylation sites (tertiary alicyclic amines) is 1. The third kappa shape index (κ3) is 3.17. The van der Waals surface area contributed by atoms with Crippen LogP contribution in [0.25, 0.3) is 0 Å². The second-order valence-electron chi connectivity index (χ2n) is 4.62. The van der Waals surface area contributed by atoms with Crippen molar-refractivity contribution in [3.05, 3.63) is 28.3 Å². The number of methoxy groups -OCH3 is 1. The van der Waals surface area contributed by atoms with E-state index in [-0.39, 0.29) is 17.5 Å². The molecule has 1 saturated heterocycles. The van der Waals surface area contributed by atoms with E-state index in [0.717, 1.165) is 32.4 Å². The summed E-state index contributed by atoms with van der Waals surface area (Å²) in [6.07, 6.45) is 3.15. The van der Waals surface area contributed by atoms with Gasteiger partial charge in [-0.05, 0) is 25.3 Å². The summed E-state index contributed by atoms with van der Waals surface area (Å²) in [6, 6.07) is 3.93. The summed E-state index contributed by atoms with van der Waals surface area (Å²) < 4.78 is 5.09. The summed E-state index contributed by atoms with van der Waals surface area (Å²) in [6.45, 7) is 1.47. The first-order chi connectivity index (χ1) is 9.61. The average Bonchev–Trinajstić information content (AvgIpc) is 2.48. The quantitative estimate of drug-likeness (QED) is 0.680. The van der Waals surface area contributed by atoms with Gasteiger partial charge in [0.25, 0.3) is 5.69 Å². The number of rotatable bonds is 3. The van der Waals surface area contributed by atoms with Crippen molar-refractivity contribution in [2.45, 2.75) is 19.3 Å². The number of nitrogens with zero attached hydrogens (tertiary/aromatic N) is 2. The fourth-order valence-electron chi connectivity index (χ4n) is 2.19. The number of hydrogen-bond donors (Lipinski definition) is 1. The molecule has 1 fully saturated rings. The Labute approximate surface area is 116 Å². The second-order valence-corrected chi connectivity index (χ2v) is 4.62. The Morgan fingerprint density at radius 3 is 2.65 bits per heavy atom. The molecule has 0 saturated carbocycles. The Morgan fingerprint density at radius 2 is 2.05 bits per heavy atom. The van der Waals surface area contributed by atoms with Gasteiger partial charge < -0.3 is 15.0 Å². The molecule has 1 heterocycles. The number of hydrogen-bond acceptors (Lipinski definition) is 4. The van der Waals surface area contributed by atoms with Gasteiger partial charge in [-0.3, -0.25) is 10.1 Å². The number of ether oxygens (including phenoxy) is 1. The van der Waals surface area contributed by atoms with E-state index < -0.39 is 4.92 Å². The van der Waals surface area contributed by atoms with Gasteiger partial charge in [-0.15, -0.1) is 0 Å². The van der Waals surface area contributed by atoms with Crippen molar-refractivity contribution in [3.63, 3.8) is 0 Å². The molecule has 0 aromatic heterocycles. The molecule has 20 heavy (non-hydrogen) atoms. The highest BCUT2D eigenvalue weighted by atomic mass is 16.6. The van der Waals surface area contributed by atoms with E-state index in [2.05, 4.69) is 5.32 Å². The summed E-state index contributed by atoms with van der Waals surface area (Å²) in [7, 11) is 1.41. The molecule has 0 bridgehead atoms. The summed E-state index contributed by atoms with van der Waals surface area (Å²) in [4.78, 5) is 24.0. The zero-order valence-electron chi connectivity index (χ0n) is 11.3. The Morgan fingerprint density at radius 1 is 1.35 bits per heavy atom. The number of piperidine rings is 1. The van der Waals surface area contributed by atoms with E-state index in [4.69, 9.17) is 4.74 Å². The van der Waals surface area contributed by atoms with Crippen molar-refractivity contribution in [2.24, 2.45) is 0 Å². The van der Waals surface area contributed by atoms with Crippen molar-refractivity contribution in [1.82, 2.24) is 4.90 Å². The highest BCUT2D eigenvalue weighted by Crippen LogP contribution is 2.29. The molecule has 0 atom stereocenters. The van der Waals surface area contributed by atoms with Crippen LogP contribution in [0, 0.1) is 10.1 Å².